The van der Waals surface area contributed by atoms with Crippen molar-refractivity contribution in [1.82, 2.24) is 29.5 Å². The minimum Gasteiger partial charge on any atom is -0.368 e. The number of nitrogens with two attached hydrogens (primary N) is 1. The van der Waals surface area contributed by atoms with E-state index in [-0.39, 0.29) is 17.5 Å². The molecule has 37 heavy (non-hydrogen) atoms. The molecule has 0 aliphatic rings. The summed E-state index contributed by atoms with van der Waals surface area (Å²) < 4.78 is 1.73. The van der Waals surface area contributed by atoms with E-state index in [1.165, 1.54) is 6.33 Å². The lowest BCUT2D eigenvalue weighted by Crippen LogP contribution is -2.26. The van der Waals surface area contributed by atoms with Crippen molar-refractivity contribution < 1.29 is 0 Å². The normalized spacial score (nSPS) is 12.0. The molecule has 0 aliphatic heterocycles. The summed E-state index contributed by atoms with van der Waals surface area (Å²) in [7, 11) is 0. The van der Waals surface area contributed by atoms with Crippen LogP contribution in [0.4, 0.5) is 11.8 Å². The summed E-state index contributed by atoms with van der Waals surface area (Å²) in [5.74, 6) is 0.776. The standard InChI is InChI=1S/C28H22N8O/c1-17(35-26-25-22(33-16-34-26)11-6-12-30-25)23-13-18-7-5-10-21(19-14-31-28(29)32-15-19)24(18)27(37)36(23)20-8-3-2-4-9-20/h2-17H,1H3,(H2,29,31,32)(H,33,34,35)/t17-/m0/s1. The lowest BCUT2D eigenvalue weighted by atomic mass is 9.99. The van der Waals surface area contributed by atoms with E-state index in [9.17, 15) is 4.79 Å². The summed E-state index contributed by atoms with van der Waals surface area (Å²) in [5.41, 5.74) is 9.93. The first-order chi connectivity index (χ1) is 18.1. The van der Waals surface area contributed by atoms with Crippen molar-refractivity contribution in [2.75, 3.05) is 11.1 Å². The van der Waals surface area contributed by atoms with Crippen molar-refractivity contribution in [1.29, 1.82) is 0 Å². The Balaban J connectivity index is 1.56. The smallest absolute Gasteiger partial charge is 0.263 e. The van der Waals surface area contributed by atoms with Gasteiger partial charge in [0.15, 0.2) is 5.82 Å². The first kappa shape index (κ1) is 22.3. The number of nitrogen functional groups attached to an aromatic ring is 1. The maximum Gasteiger partial charge on any atom is 0.263 e. The molecule has 0 saturated heterocycles. The molecule has 4 heterocycles. The molecule has 0 spiro atoms. The molecule has 0 fully saturated rings. The Kier molecular flexibility index (Phi) is 5.49. The van der Waals surface area contributed by atoms with Gasteiger partial charge in [-0.1, -0.05) is 36.4 Å². The Morgan fingerprint density at radius 3 is 2.51 bits per heavy atom. The number of hydrogen-bond acceptors (Lipinski definition) is 8. The fourth-order valence-corrected chi connectivity index (χ4v) is 4.54. The van der Waals surface area contributed by atoms with Gasteiger partial charge in [-0.2, -0.15) is 0 Å². The van der Waals surface area contributed by atoms with Crippen molar-refractivity contribution in [2.45, 2.75) is 13.0 Å². The molecule has 0 amide bonds. The van der Waals surface area contributed by atoms with Crippen molar-refractivity contribution in [3.05, 3.63) is 108 Å². The Labute approximate surface area is 211 Å². The monoisotopic (exact) mass is 486 g/mol. The van der Waals surface area contributed by atoms with Crippen molar-refractivity contribution >= 4 is 33.6 Å². The van der Waals surface area contributed by atoms with Crippen LogP contribution in [0.5, 0.6) is 0 Å². The zero-order valence-corrected chi connectivity index (χ0v) is 19.9. The van der Waals surface area contributed by atoms with Gasteiger partial charge in [-0.3, -0.25) is 14.3 Å². The van der Waals surface area contributed by atoms with Gasteiger partial charge in [0.1, 0.15) is 11.8 Å². The highest BCUT2D eigenvalue weighted by Crippen LogP contribution is 2.30. The lowest BCUT2D eigenvalue weighted by molar-refractivity contribution is 0.774. The molecule has 180 valence electrons. The summed E-state index contributed by atoms with van der Waals surface area (Å²) in [5, 5.41) is 4.83. The third-order valence-electron chi connectivity index (χ3n) is 6.26. The van der Waals surface area contributed by atoms with Crippen LogP contribution in [0.15, 0.2) is 96.4 Å². The van der Waals surface area contributed by atoms with Gasteiger partial charge in [-0.25, -0.2) is 19.9 Å². The second-order valence-electron chi connectivity index (χ2n) is 8.60. The van der Waals surface area contributed by atoms with E-state index in [0.717, 1.165) is 27.8 Å². The molecule has 4 aromatic heterocycles. The van der Waals surface area contributed by atoms with Gasteiger partial charge >= 0.3 is 0 Å². The first-order valence-corrected chi connectivity index (χ1v) is 11.7. The van der Waals surface area contributed by atoms with Gasteiger partial charge in [0.25, 0.3) is 5.56 Å². The Morgan fingerprint density at radius 2 is 1.70 bits per heavy atom. The van der Waals surface area contributed by atoms with Gasteiger partial charge < -0.3 is 11.1 Å². The van der Waals surface area contributed by atoms with Crippen molar-refractivity contribution in [2.24, 2.45) is 0 Å². The third kappa shape index (κ3) is 4.02. The minimum atomic E-state index is -0.291. The van der Waals surface area contributed by atoms with Crippen LogP contribution in [0.25, 0.3) is 38.6 Å². The van der Waals surface area contributed by atoms with Crippen LogP contribution >= 0.6 is 0 Å². The number of aromatic nitrogens is 6. The predicted octanol–water partition coefficient (Wildman–Crippen LogP) is 4.54. The fraction of sp³-hybridized carbons (Fsp3) is 0.0714. The van der Waals surface area contributed by atoms with Gasteiger partial charge in [0, 0.05) is 35.5 Å². The summed E-state index contributed by atoms with van der Waals surface area (Å²) in [4.78, 5) is 35.6. The molecule has 2 aromatic carbocycles. The summed E-state index contributed by atoms with van der Waals surface area (Å²) >= 11 is 0. The Hall–Kier alpha value is -5.18. The van der Waals surface area contributed by atoms with Crippen molar-refractivity contribution in [3.63, 3.8) is 0 Å². The summed E-state index contributed by atoms with van der Waals surface area (Å²) in [6, 6.07) is 20.8. The number of nitrogens with zero attached hydrogens (tertiary/aromatic N) is 6. The molecule has 0 bridgehead atoms. The van der Waals surface area contributed by atoms with Crippen LogP contribution in [-0.4, -0.2) is 29.5 Å². The third-order valence-corrected chi connectivity index (χ3v) is 6.26. The largest absolute Gasteiger partial charge is 0.368 e. The first-order valence-electron chi connectivity index (χ1n) is 11.7. The molecular weight excluding hydrogens is 464 g/mol. The van der Waals surface area contributed by atoms with E-state index in [2.05, 4.69) is 30.2 Å². The zero-order chi connectivity index (χ0) is 25.4. The number of pyridine rings is 2. The number of rotatable bonds is 5. The summed E-state index contributed by atoms with van der Waals surface area (Å²) in [6.45, 7) is 1.99. The second kappa shape index (κ2) is 9.12. The molecule has 9 nitrogen and oxygen atoms in total. The topological polar surface area (TPSA) is 124 Å². The van der Waals surface area contributed by atoms with Gasteiger partial charge in [-0.05, 0) is 48.2 Å². The van der Waals surface area contributed by atoms with Crippen LogP contribution in [-0.2, 0) is 0 Å². The number of hydrogen-bond donors (Lipinski definition) is 2. The molecule has 6 rings (SSSR count). The number of nitrogens with one attached hydrogen (secondary N) is 1. The van der Waals surface area contributed by atoms with Gasteiger partial charge in [0.05, 0.1) is 16.9 Å². The van der Waals surface area contributed by atoms with E-state index in [4.69, 9.17) is 5.73 Å². The lowest BCUT2D eigenvalue weighted by Gasteiger charge is -2.22. The van der Waals surface area contributed by atoms with Gasteiger partial charge in [-0.15, -0.1) is 0 Å². The van der Waals surface area contributed by atoms with Crippen LogP contribution in [0.2, 0.25) is 0 Å². The highest BCUT2D eigenvalue weighted by atomic mass is 16.1. The SMILES string of the molecule is C[C@H](Nc1ncnc2cccnc12)c1cc2cccc(-c3cnc(N)nc3)c2c(=O)n1-c1ccccc1. The molecule has 0 aliphatic carbocycles. The zero-order valence-electron chi connectivity index (χ0n) is 19.9. The van der Waals surface area contributed by atoms with E-state index in [1.807, 2.05) is 73.7 Å². The average molecular weight is 487 g/mol. The predicted molar refractivity (Wildman–Crippen MR) is 144 cm³/mol. The molecule has 3 N–H and O–H groups in total. The minimum absolute atomic E-state index is 0.148. The van der Waals surface area contributed by atoms with Crippen LogP contribution < -0.4 is 16.6 Å². The van der Waals surface area contributed by atoms with E-state index >= 15 is 0 Å². The molecular formula is C28H22N8O. The van der Waals surface area contributed by atoms with E-state index in [1.54, 1.807) is 23.2 Å². The molecule has 0 saturated carbocycles. The highest BCUT2D eigenvalue weighted by Gasteiger charge is 2.20. The number of para-hydroxylation sites is 1. The quantitative estimate of drug-likeness (QED) is 0.364. The van der Waals surface area contributed by atoms with Crippen LogP contribution in [0, 0.1) is 0 Å². The average Bonchev–Trinajstić information content (AvgIpc) is 2.94. The number of anilines is 2. The number of fused-ring (bicyclic) bond motifs is 2. The molecule has 9 heteroatoms. The maximum atomic E-state index is 14.2. The van der Waals surface area contributed by atoms with E-state index < -0.39 is 0 Å². The molecule has 0 unspecified atom stereocenters. The van der Waals surface area contributed by atoms with Crippen LogP contribution in [0.1, 0.15) is 18.7 Å². The maximum absolute atomic E-state index is 14.2. The van der Waals surface area contributed by atoms with Crippen LogP contribution in [0.3, 0.4) is 0 Å². The van der Waals surface area contributed by atoms with E-state index in [0.29, 0.717) is 22.3 Å². The summed E-state index contributed by atoms with van der Waals surface area (Å²) in [6.07, 6.45) is 6.48. The highest BCUT2D eigenvalue weighted by molar-refractivity contribution is 5.96. The second-order valence-corrected chi connectivity index (χ2v) is 8.60. The van der Waals surface area contributed by atoms with Gasteiger partial charge in [0.2, 0.25) is 5.95 Å². The molecule has 0 radical (unpaired) electrons. The molecule has 1 atom stereocenters. The fourth-order valence-electron chi connectivity index (χ4n) is 4.54. The Bertz CT molecular complexity index is 1790. The Morgan fingerprint density at radius 1 is 0.892 bits per heavy atom. The number of benzene rings is 2. The van der Waals surface area contributed by atoms with Crippen molar-refractivity contribution in [3.8, 4) is 16.8 Å². The molecule has 6 aromatic rings.